The van der Waals surface area contributed by atoms with Gasteiger partial charge in [0.1, 0.15) is 0 Å². The Morgan fingerprint density at radius 3 is 1.37 bits per heavy atom. The van der Waals surface area contributed by atoms with Crippen LogP contribution in [0.4, 0.5) is 0 Å². The molecule has 2 N–H and O–H groups in total. The van der Waals surface area contributed by atoms with Gasteiger partial charge in [0.2, 0.25) is 11.8 Å². The molecule has 0 aromatic rings. The fourth-order valence-electron chi connectivity index (χ4n) is 3.90. The molecule has 0 spiro atoms. The van der Waals surface area contributed by atoms with Crippen molar-refractivity contribution in [2.45, 2.75) is 90.9 Å². The number of amides is 2. The third-order valence-electron chi connectivity index (χ3n) is 5.93. The van der Waals surface area contributed by atoms with Gasteiger partial charge in [0.05, 0.1) is 0 Å². The molecule has 1 fully saturated rings. The zero-order valence-corrected chi connectivity index (χ0v) is 19.9. The van der Waals surface area contributed by atoms with E-state index < -0.39 is 0 Å². The summed E-state index contributed by atoms with van der Waals surface area (Å²) in [7, 11) is 0. The number of piperazine rings is 1. The summed E-state index contributed by atoms with van der Waals surface area (Å²) in [5.74, 6) is 0.424. The molecule has 0 bridgehead atoms. The summed E-state index contributed by atoms with van der Waals surface area (Å²) in [6.07, 6.45) is 12.7. The van der Waals surface area contributed by atoms with Gasteiger partial charge < -0.3 is 20.4 Å². The van der Waals surface area contributed by atoms with Gasteiger partial charge in [-0.15, -0.1) is 0 Å². The van der Waals surface area contributed by atoms with Crippen LogP contribution in [0.5, 0.6) is 0 Å². The Morgan fingerprint density at radius 1 is 0.600 bits per heavy atom. The van der Waals surface area contributed by atoms with Crippen LogP contribution in [0.1, 0.15) is 90.9 Å². The summed E-state index contributed by atoms with van der Waals surface area (Å²) in [6.45, 7) is 12.5. The van der Waals surface area contributed by atoms with E-state index in [1.807, 2.05) is 0 Å². The van der Waals surface area contributed by atoms with Crippen molar-refractivity contribution in [3.63, 3.8) is 0 Å². The Balaban J connectivity index is 1.93. The van der Waals surface area contributed by atoms with Crippen LogP contribution in [0, 0.1) is 0 Å². The van der Waals surface area contributed by atoms with Crippen LogP contribution in [0.2, 0.25) is 0 Å². The summed E-state index contributed by atoms with van der Waals surface area (Å²) in [6, 6.07) is 0. The van der Waals surface area contributed by atoms with E-state index in [4.69, 9.17) is 0 Å². The van der Waals surface area contributed by atoms with Crippen LogP contribution in [-0.4, -0.2) is 74.0 Å². The molecule has 0 aromatic heterocycles. The van der Waals surface area contributed by atoms with Crippen molar-refractivity contribution in [3.05, 3.63) is 0 Å². The maximum absolute atomic E-state index is 11.8. The number of nitrogens with one attached hydrogen (secondary N) is 2. The highest BCUT2D eigenvalue weighted by Gasteiger charge is 2.16. The predicted octanol–water partition coefficient (Wildman–Crippen LogP) is 3.56. The average Bonchev–Trinajstić information content (AvgIpc) is 2.76. The molecule has 1 aliphatic heterocycles. The van der Waals surface area contributed by atoms with Gasteiger partial charge in [0.15, 0.2) is 0 Å². The van der Waals surface area contributed by atoms with Crippen molar-refractivity contribution in [1.29, 1.82) is 0 Å². The minimum atomic E-state index is 0.212. The number of hydrogen-bond acceptors (Lipinski definition) is 4. The van der Waals surface area contributed by atoms with Gasteiger partial charge in [0, 0.05) is 52.1 Å². The highest BCUT2D eigenvalue weighted by molar-refractivity contribution is 5.76. The zero-order chi connectivity index (χ0) is 21.9. The molecular formula is C24H48N4O2. The van der Waals surface area contributed by atoms with Crippen LogP contribution in [0.15, 0.2) is 0 Å². The molecule has 0 atom stereocenters. The molecule has 0 aliphatic carbocycles. The third kappa shape index (κ3) is 14.8. The highest BCUT2D eigenvalue weighted by Crippen LogP contribution is 2.05. The Bertz CT molecular complexity index is 397. The summed E-state index contributed by atoms with van der Waals surface area (Å²) in [5.41, 5.74) is 0. The molecule has 2 amide bonds. The number of carbonyl (C=O) groups is 2. The first kappa shape index (κ1) is 26.9. The van der Waals surface area contributed by atoms with Crippen LogP contribution in [-0.2, 0) is 9.59 Å². The van der Waals surface area contributed by atoms with E-state index in [9.17, 15) is 9.59 Å². The van der Waals surface area contributed by atoms with E-state index in [2.05, 4.69) is 34.3 Å². The molecule has 1 heterocycles. The first-order valence-electron chi connectivity index (χ1n) is 12.6. The normalized spacial score (nSPS) is 15.3. The van der Waals surface area contributed by atoms with E-state index in [0.29, 0.717) is 12.8 Å². The quantitative estimate of drug-likeness (QED) is 0.330. The van der Waals surface area contributed by atoms with Gasteiger partial charge in [-0.1, -0.05) is 52.4 Å². The maximum atomic E-state index is 11.8. The molecule has 0 radical (unpaired) electrons. The summed E-state index contributed by atoms with van der Waals surface area (Å²) in [4.78, 5) is 28.6. The van der Waals surface area contributed by atoms with Crippen molar-refractivity contribution in [1.82, 2.24) is 20.4 Å². The monoisotopic (exact) mass is 424 g/mol. The molecule has 176 valence electrons. The molecule has 0 saturated carbocycles. The first-order chi connectivity index (χ1) is 14.7. The second kappa shape index (κ2) is 18.6. The van der Waals surface area contributed by atoms with E-state index in [-0.39, 0.29) is 11.8 Å². The summed E-state index contributed by atoms with van der Waals surface area (Å²) in [5, 5.41) is 6.12. The van der Waals surface area contributed by atoms with Crippen LogP contribution >= 0.6 is 0 Å². The molecule has 30 heavy (non-hydrogen) atoms. The fraction of sp³-hybridized carbons (Fsp3) is 0.917. The molecule has 0 unspecified atom stereocenters. The Hall–Kier alpha value is -1.14. The largest absolute Gasteiger partial charge is 0.356 e. The summed E-state index contributed by atoms with van der Waals surface area (Å²) < 4.78 is 0. The molecule has 1 aliphatic rings. The van der Waals surface area contributed by atoms with E-state index in [0.717, 1.165) is 78.0 Å². The SMILES string of the molecule is CCCCCCC(=O)NCCCN1CCN(CCCNC(=O)CCCCCC)CC1. The number of rotatable bonds is 18. The van der Waals surface area contributed by atoms with Gasteiger partial charge in [-0.3, -0.25) is 9.59 Å². The van der Waals surface area contributed by atoms with Crippen molar-refractivity contribution in [2.24, 2.45) is 0 Å². The van der Waals surface area contributed by atoms with E-state index in [1.54, 1.807) is 0 Å². The van der Waals surface area contributed by atoms with Crippen molar-refractivity contribution < 1.29 is 9.59 Å². The topological polar surface area (TPSA) is 64.7 Å². The molecule has 6 nitrogen and oxygen atoms in total. The third-order valence-corrected chi connectivity index (χ3v) is 5.93. The molecule has 6 heteroatoms. The van der Waals surface area contributed by atoms with Crippen molar-refractivity contribution in [2.75, 3.05) is 52.4 Å². The lowest BCUT2D eigenvalue weighted by Crippen LogP contribution is -2.47. The molecule has 1 rings (SSSR count). The Kier molecular flexibility index (Phi) is 16.7. The second-order valence-electron chi connectivity index (χ2n) is 8.71. The van der Waals surface area contributed by atoms with Crippen LogP contribution < -0.4 is 10.6 Å². The zero-order valence-electron chi connectivity index (χ0n) is 19.9. The Morgan fingerprint density at radius 2 is 1.00 bits per heavy atom. The summed E-state index contributed by atoms with van der Waals surface area (Å²) >= 11 is 0. The number of unbranched alkanes of at least 4 members (excludes halogenated alkanes) is 6. The number of carbonyl (C=O) groups excluding carboxylic acids is 2. The minimum Gasteiger partial charge on any atom is -0.356 e. The average molecular weight is 425 g/mol. The maximum Gasteiger partial charge on any atom is 0.219 e. The first-order valence-corrected chi connectivity index (χ1v) is 12.6. The van der Waals surface area contributed by atoms with Gasteiger partial charge in [-0.2, -0.15) is 0 Å². The van der Waals surface area contributed by atoms with Gasteiger partial charge in [0.25, 0.3) is 0 Å². The molecule has 0 aromatic carbocycles. The van der Waals surface area contributed by atoms with Crippen molar-refractivity contribution >= 4 is 11.8 Å². The lowest BCUT2D eigenvalue weighted by atomic mass is 10.1. The van der Waals surface area contributed by atoms with E-state index >= 15 is 0 Å². The Labute approximate surface area is 185 Å². The predicted molar refractivity (Wildman–Crippen MR) is 126 cm³/mol. The lowest BCUT2D eigenvalue weighted by molar-refractivity contribution is -0.122. The standard InChI is InChI=1S/C24H48N4O2/c1-3-5-7-9-13-23(29)25-15-11-17-27-19-21-28(22-20-27)18-12-16-26-24(30)14-10-8-6-4-2/h3-22H2,1-2H3,(H,25,29)(H,26,30). The molecule has 1 saturated heterocycles. The van der Waals surface area contributed by atoms with Gasteiger partial charge in [-0.05, 0) is 38.8 Å². The smallest absolute Gasteiger partial charge is 0.219 e. The fourth-order valence-corrected chi connectivity index (χ4v) is 3.90. The lowest BCUT2D eigenvalue weighted by Gasteiger charge is -2.34. The van der Waals surface area contributed by atoms with Crippen molar-refractivity contribution in [3.8, 4) is 0 Å². The van der Waals surface area contributed by atoms with Gasteiger partial charge in [-0.25, -0.2) is 0 Å². The highest BCUT2D eigenvalue weighted by atomic mass is 16.2. The minimum absolute atomic E-state index is 0.212. The van der Waals surface area contributed by atoms with Crippen LogP contribution in [0.25, 0.3) is 0 Å². The number of hydrogen-bond donors (Lipinski definition) is 2. The van der Waals surface area contributed by atoms with Gasteiger partial charge >= 0.3 is 0 Å². The number of nitrogens with zero attached hydrogens (tertiary/aromatic N) is 2. The molecular weight excluding hydrogens is 376 g/mol. The second-order valence-corrected chi connectivity index (χ2v) is 8.71. The van der Waals surface area contributed by atoms with Crippen LogP contribution in [0.3, 0.4) is 0 Å². The van der Waals surface area contributed by atoms with E-state index in [1.165, 1.54) is 38.5 Å².